The average Bonchev–Trinajstić information content (AvgIpc) is 2.43. The minimum atomic E-state index is -1.19. The first kappa shape index (κ1) is 17.5. The highest BCUT2D eigenvalue weighted by Gasteiger charge is 1.95. The van der Waals surface area contributed by atoms with Gasteiger partial charge in [0.05, 0.1) is 0 Å². The molecule has 0 amide bonds. The Labute approximate surface area is 73.5 Å². The number of rotatable bonds is 1. The molecule has 0 aliphatic heterocycles. The Morgan fingerprint density at radius 3 is 1.33 bits per heavy atom. The van der Waals surface area contributed by atoms with E-state index in [1.54, 1.807) is 0 Å². The highest BCUT2D eigenvalue weighted by Crippen LogP contribution is 2.15. The molecule has 1 aliphatic rings. The summed E-state index contributed by atoms with van der Waals surface area (Å²) < 4.78 is 0. The van der Waals surface area contributed by atoms with Gasteiger partial charge in [0.1, 0.15) is 6.61 Å². The van der Waals surface area contributed by atoms with E-state index in [1.165, 1.54) is 32.1 Å². The molecule has 0 aromatic rings. The summed E-state index contributed by atoms with van der Waals surface area (Å²) in [6, 6.07) is 0. The Hall–Kier alpha value is -0.610. The lowest BCUT2D eigenvalue weighted by molar-refractivity contribution is -0.140. The summed E-state index contributed by atoms with van der Waals surface area (Å²) in [6.45, 7) is -0.778. The number of aliphatic hydroxyl groups is 1. The molecule has 76 valence electrons. The van der Waals surface area contributed by atoms with Crippen molar-refractivity contribution >= 4 is 5.97 Å². The van der Waals surface area contributed by atoms with Crippen molar-refractivity contribution in [3.8, 4) is 0 Å². The third-order valence-electron chi connectivity index (χ3n) is 1.39. The lowest BCUT2D eigenvalue weighted by atomic mass is 10.4. The quantitative estimate of drug-likeness (QED) is 0.626. The minimum absolute atomic E-state index is 0. The van der Waals surface area contributed by atoms with E-state index in [-0.39, 0.29) is 12.9 Å². The van der Waals surface area contributed by atoms with Crippen molar-refractivity contribution in [2.75, 3.05) is 6.61 Å². The molecule has 1 rings (SSSR count). The van der Waals surface area contributed by atoms with Crippen LogP contribution in [-0.2, 0) is 4.79 Å². The largest absolute Gasteiger partial charge is 0.480 e. The molecular weight excluding hydrogens is 160 g/mol. The molecule has 1 aliphatic carbocycles. The van der Waals surface area contributed by atoms with Crippen molar-refractivity contribution in [2.24, 2.45) is 0 Å². The van der Waals surface area contributed by atoms with Gasteiger partial charge in [-0.25, -0.2) is 4.79 Å². The van der Waals surface area contributed by atoms with Gasteiger partial charge in [-0.15, -0.1) is 0 Å². The average molecular weight is 180 g/mol. The molecule has 0 bridgehead atoms. The Bertz CT molecular complexity index is 81.4. The Morgan fingerprint density at radius 2 is 1.25 bits per heavy atom. The molecule has 12 heavy (non-hydrogen) atoms. The highest BCUT2D eigenvalue weighted by molar-refractivity contribution is 5.67. The summed E-state index contributed by atoms with van der Waals surface area (Å²) in [5, 5.41) is 15.0. The zero-order chi connectivity index (χ0) is 7.82. The topological polar surface area (TPSA) is 89.0 Å². The third-order valence-corrected chi connectivity index (χ3v) is 1.39. The number of carboxylic acid groups (broad SMARTS) is 1. The lowest BCUT2D eigenvalue weighted by Gasteiger charge is -1.72. The zero-order valence-corrected chi connectivity index (χ0v) is 6.55. The standard InChI is InChI=1S/C5H10.C2H4O3.CH4.H2O/c1-2-4-5-3-1;3-1-2(4)5;;/h1-5H2;3H,1H2,(H,4,5);1H4;1H2. The zero-order valence-electron chi connectivity index (χ0n) is 6.55. The minimum Gasteiger partial charge on any atom is -0.480 e. The van der Waals surface area contributed by atoms with Gasteiger partial charge in [0.25, 0.3) is 0 Å². The van der Waals surface area contributed by atoms with Crippen LogP contribution in [0.3, 0.4) is 0 Å². The van der Waals surface area contributed by atoms with Gasteiger partial charge >= 0.3 is 5.97 Å². The second-order valence-electron chi connectivity index (χ2n) is 2.32. The van der Waals surface area contributed by atoms with Crippen molar-refractivity contribution in [1.82, 2.24) is 0 Å². The van der Waals surface area contributed by atoms with Gasteiger partial charge in [-0.2, -0.15) is 0 Å². The van der Waals surface area contributed by atoms with Crippen LogP contribution in [0.1, 0.15) is 39.5 Å². The maximum Gasteiger partial charge on any atom is 0.329 e. The van der Waals surface area contributed by atoms with Crippen LogP contribution in [0.4, 0.5) is 0 Å². The predicted octanol–water partition coefficient (Wildman–Crippen LogP) is 0.825. The van der Waals surface area contributed by atoms with E-state index in [0.717, 1.165) is 0 Å². The Morgan fingerprint density at radius 1 is 1.08 bits per heavy atom. The summed E-state index contributed by atoms with van der Waals surface area (Å²) in [4.78, 5) is 9.12. The Balaban J connectivity index is -0.000000116. The molecule has 4 nitrogen and oxygen atoms in total. The van der Waals surface area contributed by atoms with Crippen LogP contribution < -0.4 is 0 Å². The first-order valence-corrected chi connectivity index (χ1v) is 3.60. The lowest BCUT2D eigenvalue weighted by Crippen LogP contribution is -1.98. The van der Waals surface area contributed by atoms with E-state index >= 15 is 0 Å². The van der Waals surface area contributed by atoms with E-state index in [0.29, 0.717) is 0 Å². The summed E-state index contributed by atoms with van der Waals surface area (Å²) >= 11 is 0. The molecule has 4 heteroatoms. The summed E-state index contributed by atoms with van der Waals surface area (Å²) in [5.74, 6) is -1.19. The van der Waals surface area contributed by atoms with E-state index < -0.39 is 12.6 Å². The molecule has 1 fully saturated rings. The van der Waals surface area contributed by atoms with Crippen molar-refractivity contribution in [3.05, 3.63) is 0 Å². The first-order valence-electron chi connectivity index (χ1n) is 3.60. The fourth-order valence-corrected chi connectivity index (χ4v) is 0.884. The Kier molecular flexibility index (Phi) is 18.9. The first-order chi connectivity index (χ1) is 4.77. The number of hydrogen-bond donors (Lipinski definition) is 2. The van der Waals surface area contributed by atoms with Gasteiger partial charge in [0.2, 0.25) is 0 Å². The summed E-state index contributed by atoms with van der Waals surface area (Å²) in [7, 11) is 0. The van der Waals surface area contributed by atoms with Crippen LogP contribution in [-0.4, -0.2) is 28.3 Å². The molecule has 0 spiro atoms. The fraction of sp³-hybridized carbons (Fsp3) is 0.875. The van der Waals surface area contributed by atoms with Crippen molar-refractivity contribution in [2.45, 2.75) is 39.5 Å². The smallest absolute Gasteiger partial charge is 0.329 e. The van der Waals surface area contributed by atoms with Crippen LogP contribution in [0.15, 0.2) is 0 Å². The van der Waals surface area contributed by atoms with Crippen LogP contribution in [0, 0.1) is 0 Å². The molecule has 0 radical (unpaired) electrons. The van der Waals surface area contributed by atoms with Crippen molar-refractivity contribution in [1.29, 1.82) is 0 Å². The molecule has 0 heterocycles. The molecule has 1 saturated carbocycles. The van der Waals surface area contributed by atoms with Gasteiger partial charge in [-0.1, -0.05) is 39.5 Å². The SMILES string of the molecule is C.C1CCCC1.O.O=C(O)CO. The number of aliphatic carboxylic acids is 1. The number of carboxylic acids is 1. The normalized spacial score (nSPS) is 13.1. The molecule has 0 unspecified atom stereocenters. The predicted molar refractivity (Wildman–Crippen MR) is 48.2 cm³/mol. The van der Waals surface area contributed by atoms with E-state index in [4.69, 9.17) is 15.0 Å². The monoisotopic (exact) mass is 180 g/mol. The van der Waals surface area contributed by atoms with E-state index in [9.17, 15) is 0 Å². The fourth-order valence-electron chi connectivity index (χ4n) is 0.884. The second kappa shape index (κ2) is 13.0. The van der Waals surface area contributed by atoms with Gasteiger partial charge in [-0.05, 0) is 0 Å². The van der Waals surface area contributed by atoms with Crippen LogP contribution >= 0.6 is 0 Å². The van der Waals surface area contributed by atoms with Gasteiger partial charge in [-0.3, -0.25) is 0 Å². The second-order valence-corrected chi connectivity index (χ2v) is 2.32. The van der Waals surface area contributed by atoms with Gasteiger partial charge < -0.3 is 15.7 Å². The molecule has 0 aromatic heterocycles. The van der Waals surface area contributed by atoms with Crippen molar-refractivity contribution < 1.29 is 20.5 Å². The third kappa shape index (κ3) is 16.2. The van der Waals surface area contributed by atoms with Crippen molar-refractivity contribution in [3.63, 3.8) is 0 Å². The molecule has 0 aromatic carbocycles. The highest BCUT2D eigenvalue weighted by atomic mass is 16.4. The maximum atomic E-state index is 9.12. The van der Waals surface area contributed by atoms with Crippen LogP contribution in [0.5, 0.6) is 0 Å². The molecular formula is C8H20O4. The number of carbonyl (C=O) groups is 1. The number of hydrogen-bond acceptors (Lipinski definition) is 2. The summed E-state index contributed by atoms with van der Waals surface area (Å²) in [5.41, 5.74) is 0. The number of aliphatic hydroxyl groups excluding tert-OH is 1. The molecule has 0 saturated heterocycles. The molecule has 0 atom stereocenters. The molecule has 4 N–H and O–H groups in total. The van der Waals surface area contributed by atoms with Gasteiger partial charge in [0, 0.05) is 0 Å². The van der Waals surface area contributed by atoms with Gasteiger partial charge in [0.15, 0.2) is 0 Å². The maximum absolute atomic E-state index is 9.12. The van der Waals surface area contributed by atoms with Crippen LogP contribution in [0.25, 0.3) is 0 Å². The van der Waals surface area contributed by atoms with Crippen LogP contribution in [0.2, 0.25) is 0 Å². The summed E-state index contributed by atoms with van der Waals surface area (Å²) in [6.07, 6.45) is 7.50. The van der Waals surface area contributed by atoms with E-state index in [1.807, 2.05) is 0 Å². The van der Waals surface area contributed by atoms with E-state index in [2.05, 4.69) is 0 Å².